The number of anilines is 1. The third-order valence-corrected chi connectivity index (χ3v) is 6.00. The van der Waals surface area contributed by atoms with E-state index in [1.54, 1.807) is 21.3 Å². The molecule has 4 aromatic rings. The minimum Gasteiger partial charge on any atom is -0.493 e. The fourth-order valence-corrected chi connectivity index (χ4v) is 4.25. The van der Waals surface area contributed by atoms with Crippen LogP contribution in [0.4, 0.5) is 5.82 Å². The Morgan fingerprint density at radius 2 is 1.77 bits per heavy atom. The zero-order valence-corrected chi connectivity index (χ0v) is 20.3. The van der Waals surface area contributed by atoms with Crippen LogP contribution in [0.3, 0.4) is 0 Å². The van der Waals surface area contributed by atoms with Crippen molar-refractivity contribution in [1.29, 1.82) is 0 Å². The lowest BCUT2D eigenvalue weighted by atomic mass is 10.1. The second-order valence-electron chi connectivity index (χ2n) is 8.27. The number of hydrogen-bond donors (Lipinski definition) is 2. The number of hydrogen-bond acceptors (Lipinski definition) is 7. The fourth-order valence-electron chi connectivity index (χ4n) is 4.25. The van der Waals surface area contributed by atoms with Gasteiger partial charge in [-0.05, 0) is 36.6 Å². The van der Waals surface area contributed by atoms with E-state index >= 15 is 0 Å². The van der Waals surface area contributed by atoms with Crippen LogP contribution in [0.5, 0.6) is 17.2 Å². The molecule has 0 saturated heterocycles. The number of pyridine rings is 1. The van der Waals surface area contributed by atoms with Crippen molar-refractivity contribution in [2.24, 2.45) is 0 Å². The quantitative estimate of drug-likeness (QED) is 0.313. The Hall–Kier alpha value is -4.01. The number of nitrogens with one attached hydrogen (secondary N) is 1. The molecule has 0 aliphatic carbocycles. The van der Waals surface area contributed by atoms with Crippen molar-refractivity contribution in [3.63, 3.8) is 0 Å². The highest BCUT2D eigenvalue weighted by Crippen LogP contribution is 2.38. The first-order valence-electron chi connectivity index (χ1n) is 11.6. The number of carbonyl (C=O) groups excluding carboxylic acids is 1. The van der Waals surface area contributed by atoms with Crippen molar-refractivity contribution in [1.82, 2.24) is 19.9 Å². The highest BCUT2D eigenvalue weighted by Gasteiger charge is 2.14. The Morgan fingerprint density at radius 3 is 2.49 bits per heavy atom. The zero-order valence-electron chi connectivity index (χ0n) is 20.3. The minimum atomic E-state index is 0.0108. The zero-order chi connectivity index (χ0) is 24.8. The van der Waals surface area contributed by atoms with Crippen molar-refractivity contribution in [3.05, 3.63) is 48.3 Å². The first-order chi connectivity index (χ1) is 17.0. The van der Waals surface area contributed by atoms with Crippen LogP contribution in [0.15, 0.2) is 42.7 Å². The number of rotatable bonds is 11. The van der Waals surface area contributed by atoms with Gasteiger partial charge in [0, 0.05) is 24.9 Å². The number of imidazole rings is 1. The number of para-hydroxylation sites is 1. The summed E-state index contributed by atoms with van der Waals surface area (Å²) in [5, 5.41) is 4.01. The van der Waals surface area contributed by atoms with Gasteiger partial charge in [0.25, 0.3) is 0 Å². The molecule has 9 heteroatoms. The number of ether oxygens (including phenoxy) is 3. The summed E-state index contributed by atoms with van der Waals surface area (Å²) in [4.78, 5) is 21.3. The fraction of sp³-hybridized carbons (Fsp3) is 0.346. The smallest absolute Gasteiger partial charge is 0.220 e. The Bertz CT molecular complexity index is 1310. The molecule has 3 N–H and O–H groups in total. The van der Waals surface area contributed by atoms with Crippen LogP contribution >= 0.6 is 0 Å². The molecule has 4 rings (SSSR count). The number of aromatic nitrogens is 3. The second-order valence-corrected chi connectivity index (χ2v) is 8.27. The van der Waals surface area contributed by atoms with Crippen LogP contribution in [0.2, 0.25) is 0 Å². The molecule has 2 aromatic carbocycles. The predicted molar refractivity (Wildman–Crippen MR) is 136 cm³/mol. The van der Waals surface area contributed by atoms with Gasteiger partial charge in [0.2, 0.25) is 11.7 Å². The minimum absolute atomic E-state index is 0.0108. The van der Waals surface area contributed by atoms with Gasteiger partial charge in [-0.1, -0.05) is 24.6 Å². The molecule has 2 heterocycles. The highest BCUT2D eigenvalue weighted by molar-refractivity contribution is 6.06. The molecule has 0 radical (unpaired) electrons. The predicted octanol–water partition coefficient (Wildman–Crippen LogP) is 4.07. The molecule has 0 bridgehead atoms. The third kappa shape index (κ3) is 5.24. The van der Waals surface area contributed by atoms with Gasteiger partial charge in [-0.15, -0.1) is 0 Å². The van der Waals surface area contributed by atoms with Crippen LogP contribution < -0.4 is 25.3 Å². The number of nitrogen functional groups attached to an aromatic ring is 1. The molecule has 35 heavy (non-hydrogen) atoms. The summed E-state index contributed by atoms with van der Waals surface area (Å²) in [6.07, 6.45) is 4.95. The van der Waals surface area contributed by atoms with E-state index in [0.717, 1.165) is 53.3 Å². The Kier molecular flexibility index (Phi) is 7.54. The number of carbonyl (C=O) groups is 1. The molecule has 2 aromatic heterocycles. The Labute approximate surface area is 204 Å². The van der Waals surface area contributed by atoms with Crippen LogP contribution in [0.25, 0.3) is 21.9 Å². The summed E-state index contributed by atoms with van der Waals surface area (Å²) < 4.78 is 18.2. The van der Waals surface area contributed by atoms with Gasteiger partial charge in [0.15, 0.2) is 17.3 Å². The van der Waals surface area contributed by atoms with Crippen LogP contribution in [-0.2, 0) is 17.9 Å². The van der Waals surface area contributed by atoms with E-state index in [9.17, 15) is 4.79 Å². The van der Waals surface area contributed by atoms with Gasteiger partial charge in [0.05, 0.1) is 38.7 Å². The first-order valence-corrected chi connectivity index (χ1v) is 11.6. The van der Waals surface area contributed by atoms with Crippen LogP contribution in [-0.4, -0.2) is 41.8 Å². The summed E-state index contributed by atoms with van der Waals surface area (Å²) in [7, 11) is 4.70. The number of benzene rings is 2. The molecular formula is C26H31N5O4. The number of nitrogens with two attached hydrogens (primary N) is 1. The van der Waals surface area contributed by atoms with Crippen molar-refractivity contribution >= 4 is 33.7 Å². The van der Waals surface area contributed by atoms with Crippen molar-refractivity contribution in [2.75, 3.05) is 27.1 Å². The number of aryl methyl sites for hydroxylation is 1. The number of nitrogens with zero attached hydrogens (tertiary/aromatic N) is 3. The Balaban J connectivity index is 1.27. The summed E-state index contributed by atoms with van der Waals surface area (Å²) in [5.74, 6) is 2.11. The van der Waals surface area contributed by atoms with Crippen molar-refractivity contribution in [3.8, 4) is 17.2 Å². The van der Waals surface area contributed by atoms with E-state index in [1.807, 2.05) is 42.7 Å². The monoisotopic (exact) mass is 477 g/mol. The van der Waals surface area contributed by atoms with E-state index in [1.165, 1.54) is 0 Å². The van der Waals surface area contributed by atoms with Crippen molar-refractivity contribution < 1.29 is 19.0 Å². The molecule has 0 fully saturated rings. The molecule has 1 amide bonds. The van der Waals surface area contributed by atoms with E-state index < -0.39 is 0 Å². The average molecular weight is 478 g/mol. The maximum atomic E-state index is 12.4. The van der Waals surface area contributed by atoms with E-state index in [-0.39, 0.29) is 5.91 Å². The molecule has 184 valence electrons. The lowest BCUT2D eigenvalue weighted by Crippen LogP contribution is -2.22. The van der Waals surface area contributed by atoms with Gasteiger partial charge in [-0.25, -0.2) is 9.97 Å². The normalized spacial score (nSPS) is 11.1. The molecule has 0 atom stereocenters. The van der Waals surface area contributed by atoms with Gasteiger partial charge < -0.3 is 29.8 Å². The summed E-state index contributed by atoms with van der Waals surface area (Å²) in [6.45, 7) is 1.19. The number of fused-ring (bicyclic) bond motifs is 3. The SMILES string of the molecule is COc1cc(CNC(=O)CCCCCn2cnc3c(N)nc4ccccc4c32)cc(OC)c1OC. The standard InChI is InChI=1S/C26H31N5O4/c1-33-20-13-17(14-21(34-2)25(20)35-3)15-28-22(32)11-5-4-8-12-31-16-29-23-24(31)18-9-6-7-10-19(18)30-26(23)27/h6-7,9-10,13-14,16H,4-5,8,11-12,15H2,1-3H3,(H2,27,30)(H,28,32). The highest BCUT2D eigenvalue weighted by atomic mass is 16.5. The molecule has 0 aliphatic rings. The second kappa shape index (κ2) is 10.9. The van der Waals surface area contributed by atoms with Gasteiger partial charge >= 0.3 is 0 Å². The van der Waals surface area contributed by atoms with Crippen LogP contribution in [0, 0.1) is 0 Å². The number of unbranched alkanes of at least 4 members (excludes halogenated alkanes) is 2. The summed E-state index contributed by atoms with van der Waals surface area (Å²) in [5.41, 5.74) is 9.59. The summed E-state index contributed by atoms with van der Waals surface area (Å²) in [6, 6.07) is 11.6. The Morgan fingerprint density at radius 1 is 1.03 bits per heavy atom. The van der Waals surface area contributed by atoms with Gasteiger partial charge in [-0.3, -0.25) is 4.79 Å². The first kappa shape index (κ1) is 24.1. The molecule has 0 aliphatic heterocycles. The van der Waals surface area contributed by atoms with E-state index in [2.05, 4.69) is 19.9 Å². The molecule has 0 saturated carbocycles. The lowest BCUT2D eigenvalue weighted by molar-refractivity contribution is -0.121. The molecule has 0 unspecified atom stereocenters. The molecular weight excluding hydrogens is 446 g/mol. The van der Waals surface area contributed by atoms with E-state index in [4.69, 9.17) is 19.9 Å². The van der Waals surface area contributed by atoms with Crippen LogP contribution in [0.1, 0.15) is 31.2 Å². The molecule has 9 nitrogen and oxygen atoms in total. The van der Waals surface area contributed by atoms with E-state index in [0.29, 0.717) is 36.0 Å². The topological polar surface area (TPSA) is 114 Å². The third-order valence-electron chi connectivity index (χ3n) is 6.00. The maximum absolute atomic E-state index is 12.4. The van der Waals surface area contributed by atoms with Crippen molar-refractivity contribution in [2.45, 2.75) is 38.8 Å². The molecule has 0 spiro atoms. The summed E-state index contributed by atoms with van der Waals surface area (Å²) >= 11 is 0. The van der Waals surface area contributed by atoms with Gasteiger partial charge in [0.1, 0.15) is 5.52 Å². The lowest BCUT2D eigenvalue weighted by Gasteiger charge is -2.14. The largest absolute Gasteiger partial charge is 0.493 e. The average Bonchev–Trinajstić information content (AvgIpc) is 3.31. The number of amides is 1. The number of methoxy groups -OCH3 is 3. The van der Waals surface area contributed by atoms with Gasteiger partial charge in [-0.2, -0.15) is 0 Å². The maximum Gasteiger partial charge on any atom is 0.220 e.